The van der Waals surface area contributed by atoms with Gasteiger partial charge in [-0.3, -0.25) is 4.79 Å². The SMILES string of the molecule is CC(C)CCC1CCN(C(=O)C2(N)CC2)CC1. The Labute approximate surface area is 105 Å². The highest BCUT2D eigenvalue weighted by atomic mass is 16.2. The van der Waals surface area contributed by atoms with Crippen molar-refractivity contribution in [3.63, 3.8) is 0 Å². The molecule has 1 saturated heterocycles. The van der Waals surface area contributed by atoms with Crippen molar-refractivity contribution in [3.05, 3.63) is 0 Å². The predicted molar refractivity (Wildman–Crippen MR) is 69.5 cm³/mol. The van der Waals surface area contributed by atoms with E-state index in [1.807, 2.05) is 4.90 Å². The average molecular weight is 238 g/mol. The van der Waals surface area contributed by atoms with Crippen molar-refractivity contribution < 1.29 is 4.79 Å². The number of rotatable bonds is 4. The first kappa shape index (κ1) is 12.9. The summed E-state index contributed by atoms with van der Waals surface area (Å²) in [4.78, 5) is 14.1. The van der Waals surface area contributed by atoms with Gasteiger partial charge in [0, 0.05) is 13.1 Å². The Balaban J connectivity index is 1.72. The third-order valence-corrected chi connectivity index (χ3v) is 4.27. The van der Waals surface area contributed by atoms with Crippen LogP contribution in [0.1, 0.15) is 52.4 Å². The lowest BCUT2D eigenvalue weighted by Crippen LogP contribution is -2.48. The summed E-state index contributed by atoms with van der Waals surface area (Å²) in [5.74, 6) is 1.84. The quantitative estimate of drug-likeness (QED) is 0.815. The molecular formula is C14H26N2O. The molecule has 0 atom stereocenters. The van der Waals surface area contributed by atoms with Crippen LogP contribution in [-0.4, -0.2) is 29.4 Å². The molecule has 0 unspecified atom stereocenters. The van der Waals surface area contributed by atoms with Gasteiger partial charge in [-0.15, -0.1) is 0 Å². The second kappa shape index (κ2) is 4.97. The number of nitrogens with zero attached hydrogens (tertiary/aromatic N) is 1. The Morgan fingerprint density at radius 1 is 1.35 bits per heavy atom. The van der Waals surface area contributed by atoms with E-state index in [1.54, 1.807) is 0 Å². The lowest BCUT2D eigenvalue weighted by molar-refractivity contribution is -0.135. The van der Waals surface area contributed by atoms with Crippen molar-refractivity contribution in [2.45, 2.75) is 57.9 Å². The number of carbonyl (C=O) groups excluding carboxylic acids is 1. The first-order valence-corrected chi connectivity index (χ1v) is 7.09. The van der Waals surface area contributed by atoms with Crippen molar-refractivity contribution in [3.8, 4) is 0 Å². The first-order valence-electron chi connectivity index (χ1n) is 7.09. The minimum atomic E-state index is -0.467. The summed E-state index contributed by atoms with van der Waals surface area (Å²) in [7, 11) is 0. The minimum absolute atomic E-state index is 0.208. The Hall–Kier alpha value is -0.570. The fraction of sp³-hybridized carbons (Fsp3) is 0.929. The summed E-state index contributed by atoms with van der Waals surface area (Å²) in [5, 5.41) is 0. The second-order valence-corrected chi connectivity index (χ2v) is 6.36. The van der Waals surface area contributed by atoms with Gasteiger partial charge in [0.15, 0.2) is 0 Å². The number of nitrogens with two attached hydrogens (primary N) is 1. The van der Waals surface area contributed by atoms with Crippen LogP contribution in [0.15, 0.2) is 0 Å². The van der Waals surface area contributed by atoms with Gasteiger partial charge in [-0.2, -0.15) is 0 Å². The molecule has 3 nitrogen and oxygen atoms in total. The van der Waals surface area contributed by atoms with Crippen LogP contribution in [0.25, 0.3) is 0 Å². The lowest BCUT2D eigenvalue weighted by atomic mass is 9.89. The zero-order valence-corrected chi connectivity index (χ0v) is 11.2. The molecule has 0 aromatic carbocycles. The molecular weight excluding hydrogens is 212 g/mol. The predicted octanol–water partition coefficient (Wildman–Crippen LogP) is 2.15. The van der Waals surface area contributed by atoms with E-state index >= 15 is 0 Å². The van der Waals surface area contributed by atoms with Gasteiger partial charge in [0.25, 0.3) is 0 Å². The van der Waals surface area contributed by atoms with E-state index in [9.17, 15) is 4.79 Å². The van der Waals surface area contributed by atoms with Crippen LogP contribution < -0.4 is 5.73 Å². The number of hydrogen-bond acceptors (Lipinski definition) is 2. The normalized spacial score (nSPS) is 24.1. The highest BCUT2D eigenvalue weighted by molar-refractivity contribution is 5.89. The molecule has 0 radical (unpaired) electrons. The molecule has 2 fully saturated rings. The van der Waals surface area contributed by atoms with Crippen molar-refractivity contribution in [1.82, 2.24) is 4.90 Å². The summed E-state index contributed by atoms with van der Waals surface area (Å²) < 4.78 is 0. The molecule has 0 aromatic heterocycles. The van der Waals surface area contributed by atoms with Crippen molar-refractivity contribution in [1.29, 1.82) is 0 Å². The minimum Gasteiger partial charge on any atom is -0.341 e. The van der Waals surface area contributed by atoms with E-state index in [0.717, 1.165) is 37.8 Å². The van der Waals surface area contributed by atoms with Crippen LogP contribution in [0.2, 0.25) is 0 Å². The van der Waals surface area contributed by atoms with Crippen molar-refractivity contribution in [2.24, 2.45) is 17.6 Å². The van der Waals surface area contributed by atoms with Crippen LogP contribution in [0.3, 0.4) is 0 Å². The molecule has 1 saturated carbocycles. The summed E-state index contributed by atoms with van der Waals surface area (Å²) in [5.41, 5.74) is 5.50. The largest absolute Gasteiger partial charge is 0.341 e. The standard InChI is InChI=1S/C14H26N2O/c1-11(2)3-4-12-5-9-16(10-6-12)13(17)14(15)7-8-14/h11-12H,3-10,15H2,1-2H3. The number of carbonyl (C=O) groups is 1. The fourth-order valence-electron chi connectivity index (χ4n) is 2.66. The Morgan fingerprint density at radius 3 is 2.41 bits per heavy atom. The van der Waals surface area contributed by atoms with E-state index in [4.69, 9.17) is 5.73 Å². The van der Waals surface area contributed by atoms with Gasteiger partial charge in [-0.25, -0.2) is 0 Å². The highest BCUT2D eigenvalue weighted by Crippen LogP contribution is 2.35. The van der Waals surface area contributed by atoms with E-state index in [-0.39, 0.29) is 5.91 Å². The molecule has 1 heterocycles. The van der Waals surface area contributed by atoms with Gasteiger partial charge in [0.05, 0.1) is 5.54 Å². The maximum atomic E-state index is 12.1. The van der Waals surface area contributed by atoms with Crippen LogP contribution >= 0.6 is 0 Å². The van der Waals surface area contributed by atoms with E-state index in [0.29, 0.717) is 0 Å². The topological polar surface area (TPSA) is 46.3 Å². The van der Waals surface area contributed by atoms with Crippen LogP contribution in [-0.2, 0) is 4.79 Å². The lowest BCUT2D eigenvalue weighted by Gasteiger charge is -2.33. The van der Waals surface area contributed by atoms with Crippen LogP contribution in [0, 0.1) is 11.8 Å². The molecule has 2 N–H and O–H groups in total. The third-order valence-electron chi connectivity index (χ3n) is 4.27. The van der Waals surface area contributed by atoms with Gasteiger partial charge < -0.3 is 10.6 Å². The molecule has 1 aliphatic heterocycles. The molecule has 0 aromatic rings. The Bertz CT molecular complexity index is 276. The number of hydrogen-bond donors (Lipinski definition) is 1. The summed E-state index contributed by atoms with van der Waals surface area (Å²) in [6, 6.07) is 0. The Kier molecular flexibility index (Phi) is 3.76. The molecule has 0 spiro atoms. The summed E-state index contributed by atoms with van der Waals surface area (Å²) in [6.45, 7) is 6.43. The van der Waals surface area contributed by atoms with Gasteiger partial charge in [-0.05, 0) is 37.5 Å². The third kappa shape index (κ3) is 3.21. The average Bonchev–Trinajstić information content (AvgIpc) is 3.06. The van der Waals surface area contributed by atoms with E-state index in [2.05, 4.69) is 13.8 Å². The zero-order chi connectivity index (χ0) is 12.5. The summed E-state index contributed by atoms with van der Waals surface area (Å²) >= 11 is 0. The molecule has 17 heavy (non-hydrogen) atoms. The maximum Gasteiger partial charge on any atom is 0.242 e. The molecule has 1 aliphatic carbocycles. The molecule has 1 amide bonds. The van der Waals surface area contributed by atoms with Gasteiger partial charge >= 0.3 is 0 Å². The molecule has 3 heteroatoms. The zero-order valence-electron chi connectivity index (χ0n) is 11.2. The molecule has 98 valence electrons. The van der Waals surface area contributed by atoms with E-state index < -0.39 is 5.54 Å². The number of likely N-dealkylation sites (tertiary alicyclic amines) is 1. The summed E-state index contributed by atoms with van der Waals surface area (Å²) in [6.07, 6.45) is 6.77. The molecule has 0 bridgehead atoms. The number of amides is 1. The van der Waals surface area contributed by atoms with Gasteiger partial charge in [0.2, 0.25) is 5.91 Å². The Morgan fingerprint density at radius 2 is 1.94 bits per heavy atom. The van der Waals surface area contributed by atoms with Crippen LogP contribution in [0.5, 0.6) is 0 Å². The van der Waals surface area contributed by atoms with Crippen LogP contribution in [0.4, 0.5) is 0 Å². The first-order chi connectivity index (χ1) is 8.01. The van der Waals surface area contributed by atoms with E-state index in [1.165, 1.54) is 25.7 Å². The monoisotopic (exact) mass is 238 g/mol. The second-order valence-electron chi connectivity index (χ2n) is 6.36. The fourth-order valence-corrected chi connectivity index (χ4v) is 2.66. The molecule has 2 rings (SSSR count). The van der Waals surface area contributed by atoms with Gasteiger partial charge in [-0.1, -0.05) is 26.7 Å². The smallest absolute Gasteiger partial charge is 0.242 e. The maximum absolute atomic E-state index is 12.1. The highest BCUT2D eigenvalue weighted by Gasteiger charge is 2.48. The molecule has 2 aliphatic rings. The van der Waals surface area contributed by atoms with Gasteiger partial charge in [0.1, 0.15) is 0 Å². The van der Waals surface area contributed by atoms with Crippen molar-refractivity contribution >= 4 is 5.91 Å². The van der Waals surface area contributed by atoms with Crippen molar-refractivity contribution in [2.75, 3.05) is 13.1 Å². The number of piperidine rings is 1.